The van der Waals surface area contributed by atoms with Crippen LogP contribution in [0.25, 0.3) is 0 Å². The Labute approximate surface area is 180 Å². The van der Waals surface area contributed by atoms with Gasteiger partial charge < -0.3 is 15.4 Å². The van der Waals surface area contributed by atoms with E-state index in [-0.39, 0.29) is 17.7 Å². The van der Waals surface area contributed by atoms with Crippen molar-refractivity contribution in [1.29, 1.82) is 0 Å². The molecular formula is C23H25N3O3S. The lowest BCUT2D eigenvalue weighted by Gasteiger charge is -2.21. The van der Waals surface area contributed by atoms with Crippen LogP contribution in [0, 0.1) is 5.92 Å². The van der Waals surface area contributed by atoms with E-state index in [1.165, 1.54) is 11.3 Å². The lowest BCUT2D eigenvalue weighted by molar-refractivity contribution is -0.124. The minimum absolute atomic E-state index is 0.0399. The fraction of sp³-hybridized carbons (Fsp3) is 0.261. The summed E-state index contributed by atoms with van der Waals surface area (Å²) in [6.45, 7) is 4.54. The van der Waals surface area contributed by atoms with Gasteiger partial charge in [-0.3, -0.25) is 14.6 Å². The van der Waals surface area contributed by atoms with Crippen molar-refractivity contribution in [3.63, 3.8) is 0 Å². The predicted octanol–water partition coefficient (Wildman–Crippen LogP) is 3.79. The number of nitrogens with zero attached hydrogens (tertiary/aromatic N) is 1. The van der Waals surface area contributed by atoms with E-state index in [0.29, 0.717) is 23.8 Å². The Morgan fingerprint density at radius 2 is 1.97 bits per heavy atom. The molecule has 0 aliphatic carbocycles. The van der Waals surface area contributed by atoms with Crippen molar-refractivity contribution in [3.05, 3.63) is 82.3 Å². The van der Waals surface area contributed by atoms with Gasteiger partial charge in [0.1, 0.15) is 18.4 Å². The van der Waals surface area contributed by atoms with Crippen LogP contribution in [0.5, 0.6) is 5.75 Å². The van der Waals surface area contributed by atoms with E-state index in [1.54, 1.807) is 12.3 Å². The van der Waals surface area contributed by atoms with Gasteiger partial charge in [-0.05, 0) is 47.2 Å². The first kappa shape index (κ1) is 21.5. The minimum Gasteiger partial charge on any atom is -0.487 e. The van der Waals surface area contributed by atoms with Crippen LogP contribution >= 0.6 is 11.3 Å². The van der Waals surface area contributed by atoms with Crippen molar-refractivity contribution < 1.29 is 14.3 Å². The molecule has 7 heteroatoms. The third-order valence-electron chi connectivity index (χ3n) is 4.46. The first-order valence-electron chi connectivity index (χ1n) is 9.76. The summed E-state index contributed by atoms with van der Waals surface area (Å²) >= 11 is 1.35. The van der Waals surface area contributed by atoms with Crippen molar-refractivity contribution in [3.8, 4) is 5.75 Å². The number of amides is 2. The lowest BCUT2D eigenvalue weighted by atomic mass is 10.0. The van der Waals surface area contributed by atoms with Gasteiger partial charge in [-0.25, -0.2) is 0 Å². The molecule has 0 aliphatic heterocycles. The quantitative estimate of drug-likeness (QED) is 0.549. The number of carbonyl (C=O) groups excluding carboxylic acids is 2. The van der Waals surface area contributed by atoms with Crippen molar-refractivity contribution in [2.45, 2.75) is 33.0 Å². The van der Waals surface area contributed by atoms with Gasteiger partial charge in [-0.15, -0.1) is 11.3 Å². The number of rotatable bonds is 9. The van der Waals surface area contributed by atoms with Gasteiger partial charge in [0, 0.05) is 12.7 Å². The molecule has 2 heterocycles. The van der Waals surface area contributed by atoms with Crippen molar-refractivity contribution in [1.82, 2.24) is 15.6 Å². The van der Waals surface area contributed by atoms with Crippen molar-refractivity contribution in [2.75, 3.05) is 0 Å². The lowest BCUT2D eigenvalue weighted by Crippen LogP contribution is -2.49. The molecule has 0 radical (unpaired) electrons. The van der Waals surface area contributed by atoms with Gasteiger partial charge in [0.25, 0.3) is 5.91 Å². The molecule has 0 fully saturated rings. The number of benzene rings is 1. The van der Waals surface area contributed by atoms with Gasteiger partial charge >= 0.3 is 0 Å². The molecule has 1 unspecified atom stereocenters. The summed E-state index contributed by atoms with van der Waals surface area (Å²) in [5, 5.41) is 7.58. The summed E-state index contributed by atoms with van der Waals surface area (Å²) in [5.74, 6) is 0.222. The van der Waals surface area contributed by atoms with Gasteiger partial charge in [0.2, 0.25) is 5.91 Å². The highest BCUT2D eigenvalue weighted by molar-refractivity contribution is 7.12. The average Bonchev–Trinajstić information content (AvgIpc) is 3.30. The Hall–Kier alpha value is -3.19. The third kappa shape index (κ3) is 6.15. The van der Waals surface area contributed by atoms with Crippen LogP contribution < -0.4 is 15.4 Å². The highest BCUT2D eigenvalue weighted by Gasteiger charge is 2.24. The summed E-state index contributed by atoms with van der Waals surface area (Å²) in [6.07, 6.45) is 1.73. The zero-order chi connectivity index (χ0) is 21.3. The molecule has 2 aromatic heterocycles. The molecule has 0 aliphatic rings. The second kappa shape index (κ2) is 10.5. The van der Waals surface area contributed by atoms with Crippen LogP contribution in [0.3, 0.4) is 0 Å². The van der Waals surface area contributed by atoms with Crippen LogP contribution in [0.2, 0.25) is 0 Å². The van der Waals surface area contributed by atoms with Gasteiger partial charge in [-0.1, -0.05) is 38.1 Å². The van der Waals surface area contributed by atoms with Gasteiger partial charge in [0.05, 0.1) is 10.6 Å². The molecule has 1 aromatic carbocycles. The first-order chi connectivity index (χ1) is 14.5. The Balaban J connectivity index is 1.55. The number of nitrogens with one attached hydrogen (secondary N) is 2. The summed E-state index contributed by atoms with van der Waals surface area (Å²) in [5.41, 5.74) is 1.76. The number of aromatic nitrogens is 1. The fourth-order valence-electron chi connectivity index (χ4n) is 2.84. The maximum atomic E-state index is 12.7. The molecule has 0 saturated heterocycles. The molecule has 156 valence electrons. The van der Waals surface area contributed by atoms with E-state index < -0.39 is 6.04 Å². The zero-order valence-electron chi connectivity index (χ0n) is 17.0. The molecule has 6 nitrogen and oxygen atoms in total. The van der Waals surface area contributed by atoms with Crippen LogP contribution in [0.4, 0.5) is 0 Å². The summed E-state index contributed by atoms with van der Waals surface area (Å²) in [4.78, 5) is 29.9. The van der Waals surface area contributed by atoms with Crippen LogP contribution in [-0.2, 0) is 17.9 Å². The maximum Gasteiger partial charge on any atom is 0.262 e. The topological polar surface area (TPSA) is 80.3 Å². The fourth-order valence-corrected chi connectivity index (χ4v) is 3.47. The SMILES string of the molecule is CC(C)C(NC(=O)c1cccs1)C(=O)NCc1cccc(OCc2ccccn2)c1. The third-order valence-corrected chi connectivity index (χ3v) is 5.33. The van der Waals surface area contributed by atoms with E-state index in [9.17, 15) is 9.59 Å². The summed E-state index contributed by atoms with van der Waals surface area (Å²) < 4.78 is 5.79. The number of thiophene rings is 1. The number of ether oxygens (including phenoxy) is 1. The Kier molecular flexibility index (Phi) is 7.57. The molecule has 3 aromatic rings. The smallest absolute Gasteiger partial charge is 0.262 e. The van der Waals surface area contributed by atoms with E-state index in [1.807, 2.05) is 67.8 Å². The predicted molar refractivity (Wildman–Crippen MR) is 117 cm³/mol. The molecule has 3 rings (SSSR count). The van der Waals surface area contributed by atoms with Gasteiger partial charge in [0.15, 0.2) is 0 Å². The zero-order valence-corrected chi connectivity index (χ0v) is 17.8. The first-order valence-corrected chi connectivity index (χ1v) is 10.6. The highest BCUT2D eigenvalue weighted by atomic mass is 32.1. The number of pyridine rings is 1. The number of carbonyl (C=O) groups is 2. The van der Waals surface area contributed by atoms with E-state index >= 15 is 0 Å². The number of hydrogen-bond acceptors (Lipinski definition) is 5. The average molecular weight is 424 g/mol. The molecule has 0 bridgehead atoms. The highest BCUT2D eigenvalue weighted by Crippen LogP contribution is 2.15. The van der Waals surface area contributed by atoms with E-state index in [2.05, 4.69) is 15.6 Å². The Morgan fingerprint density at radius 3 is 2.67 bits per heavy atom. The molecule has 0 saturated carbocycles. The monoisotopic (exact) mass is 423 g/mol. The van der Waals surface area contributed by atoms with Crippen LogP contribution in [0.15, 0.2) is 66.2 Å². The minimum atomic E-state index is -0.608. The standard InChI is InChI=1S/C23H25N3O3S/c1-16(2)21(26-22(27)20-10-6-12-30-20)23(28)25-14-17-7-5-9-19(13-17)29-15-18-8-3-4-11-24-18/h3-13,16,21H,14-15H2,1-2H3,(H,25,28)(H,26,27). The summed E-state index contributed by atoms with van der Waals surface area (Å²) in [7, 11) is 0. The van der Waals surface area contributed by atoms with Crippen molar-refractivity contribution >= 4 is 23.2 Å². The largest absolute Gasteiger partial charge is 0.487 e. The van der Waals surface area contributed by atoms with Crippen LogP contribution in [-0.4, -0.2) is 22.8 Å². The molecule has 30 heavy (non-hydrogen) atoms. The summed E-state index contributed by atoms with van der Waals surface area (Å²) in [6, 6.07) is 16.2. The molecular weight excluding hydrogens is 398 g/mol. The molecule has 1 atom stereocenters. The van der Waals surface area contributed by atoms with Crippen molar-refractivity contribution in [2.24, 2.45) is 5.92 Å². The number of hydrogen-bond donors (Lipinski definition) is 2. The second-order valence-electron chi connectivity index (χ2n) is 7.15. The van der Waals surface area contributed by atoms with E-state index in [4.69, 9.17) is 4.74 Å². The molecule has 2 N–H and O–H groups in total. The van der Waals surface area contributed by atoms with E-state index in [0.717, 1.165) is 11.3 Å². The molecule has 0 spiro atoms. The Bertz CT molecular complexity index is 959. The Morgan fingerprint density at radius 1 is 1.10 bits per heavy atom. The maximum absolute atomic E-state index is 12.7. The second-order valence-corrected chi connectivity index (χ2v) is 8.10. The molecule has 2 amide bonds. The van der Waals surface area contributed by atoms with Crippen LogP contribution in [0.1, 0.15) is 34.8 Å². The van der Waals surface area contributed by atoms with Gasteiger partial charge in [-0.2, -0.15) is 0 Å². The normalized spacial score (nSPS) is 11.7.